The van der Waals surface area contributed by atoms with E-state index in [-0.39, 0.29) is 6.42 Å². The molecule has 3 aromatic carbocycles. The lowest BCUT2D eigenvalue weighted by molar-refractivity contribution is -0.156. The molecule has 0 fully saturated rings. The normalized spacial score (nSPS) is 12.4. The summed E-state index contributed by atoms with van der Waals surface area (Å²) in [5.41, 5.74) is 2.75. The highest BCUT2D eigenvalue weighted by Crippen LogP contribution is 2.22. The number of methoxy groups -OCH3 is 1. The number of halogens is 1. The zero-order chi connectivity index (χ0) is 26.1. The quantitative estimate of drug-likeness (QED) is 0.180. The summed E-state index contributed by atoms with van der Waals surface area (Å²) < 4.78 is 11.7. The lowest BCUT2D eigenvalue weighted by Gasteiger charge is -2.23. The van der Waals surface area contributed by atoms with Crippen LogP contribution < -0.4 is 0 Å². The maximum atomic E-state index is 13.4. The molecule has 1 unspecified atom stereocenters. The third kappa shape index (κ3) is 8.02. The van der Waals surface area contributed by atoms with Gasteiger partial charge in [0.1, 0.15) is 5.60 Å². The second-order valence-electron chi connectivity index (χ2n) is 9.18. The Kier molecular flexibility index (Phi) is 9.37. The van der Waals surface area contributed by atoms with E-state index >= 15 is 0 Å². The molecule has 0 radical (unpaired) electrons. The van der Waals surface area contributed by atoms with Crippen molar-refractivity contribution in [3.8, 4) is 0 Å². The van der Waals surface area contributed by atoms with Gasteiger partial charge in [-0.25, -0.2) is 9.59 Å². The Balaban J connectivity index is 2.12. The number of benzene rings is 3. The van der Waals surface area contributed by atoms with Crippen molar-refractivity contribution in [1.82, 2.24) is 0 Å². The summed E-state index contributed by atoms with van der Waals surface area (Å²) in [4.78, 5) is 31.0. The number of carbonyl (C=O) groups is 2. The maximum Gasteiger partial charge on any atom is 0.333 e. The van der Waals surface area contributed by atoms with E-state index in [1.54, 1.807) is 26.8 Å². The predicted molar refractivity (Wildman–Crippen MR) is 147 cm³/mol. The van der Waals surface area contributed by atoms with Gasteiger partial charge in [-0.1, -0.05) is 88.7 Å². The third-order valence-electron chi connectivity index (χ3n) is 5.13. The Hall–Kier alpha value is -3.51. The number of aliphatic imine (C=N–C) groups is 1. The Morgan fingerprint density at radius 3 is 1.89 bits per heavy atom. The van der Waals surface area contributed by atoms with Gasteiger partial charge in [0.05, 0.1) is 12.8 Å². The Morgan fingerprint density at radius 1 is 0.889 bits per heavy atom. The molecule has 3 rings (SSSR count). The summed E-state index contributed by atoms with van der Waals surface area (Å²) >= 11 is 3.42. The van der Waals surface area contributed by atoms with Crippen LogP contribution in [0, 0.1) is 0 Å². The highest BCUT2D eigenvalue weighted by Gasteiger charge is 2.29. The fourth-order valence-electron chi connectivity index (χ4n) is 3.52. The van der Waals surface area contributed by atoms with E-state index in [2.05, 4.69) is 15.9 Å². The van der Waals surface area contributed by atoms with Crippen molar-refractivity contribution >= 4 is 39.7 Å². The molecular weight excluding hydrogens is 518 g/mol. The van der Waals surface area contributed by atoms with E-state index in [0.717, 1.165) is 21.2 Å². The summed E-state index contributed by atoms with van der Waals surface area (Å²) in [6.45, 7) is 5.42. The first kappa shape index (κ1) is 27.1. The number of hydrogen-bond donors (Lipinski definition) is 0. The highest BCUT2D eigenvalue weighted by molar-refractivity contribution is 9.10. The van der Waals surface area contributed by atoms with Crippen LogP contribution in [0.4, 0.5) is 0 Å². The second-order valence-corrected chi connectivity index (χ2v) is 10.1. The van der Waals surface area contributed by atoms with Crippen LogP contribution in [-0.4, -0.2) is 36.4 Å². The van der Waals surface area contributed by atoms with E-state index in [1.165, 1.54) is 7.11 Å². The molecule has 0 aromatic heterocycles. The molecular formula is C30H30BrNO4. The lowest BCUT2D eigenvalue weighted by Crippen LogP contribution is -2.32. The molecule has 0 N–H and O–H groups in total. The first-order valence-corrected chi connectivity index (χ1v) is 12.4. The number of nitrogens with zero attached hydrogens (tertiary/aromatic N) is 1. The fraction of sp³-hybridized carbons (Fsp3) is 0.233. The molecule has 186 valence electrons. The van der Waals surface area contributed by atoms with Crippen molar-refractivity contribution in [3.05, 3.63) is 112 Å². The van der Waals surface area contributed by atoms with E-state index in [9.17, 15) is 9.59 Å². The van der Waals surface area contributed by atoms with Crippen molar-refractivity contribution in [2.75, 3.05) is 7.11 Å². The molecule has 5 nitrogen and oxygen atoms in total. The second kappa shape index (κ2) is 12.5. The topological polar surface area (TPSA) is 65.0 Å². The van der Waals surface area contributed by atoms with Crippen molar-refractivity contribution in [2.45, 2.75) is 38.8 Å². The van der Waals surface area contributed by atoms with E-state index in [1.807, 2.05) is 84.9 Å². The molecule has 0 aliphatic carbocycles. The predicted octanol–water partition coefficient (Wildman–Crippen LogP) is 6.64. The van der Waals surface area contributed by atoms with Crippen LogP contribution in [0.3, 0.4) is 0 Å². The highest BCUT2D eigenvalue weighted by atomic mass is 79.9. The van der Waals surface area contributed by atoms with E-state index < -0.39 is 23.6 Å². The molecule has 0 amide bonds. The number of esters is 2. The molecule has 0 aliphatic rings. The monoisotopic (exact) mass is 547 g/mol. The van der Waals surface area contributed by atoms with Gasteiger partial charge in [0.2, 0.25) is 0 Å². The molecule has 1 atom stereocenters. The molecule has 0 bridgehead atoms. The van der Waals surface area contributed by atoms with Gasteiger partial charge in [-0.2, -0.15) is 0 Å². The van der Waals surface area contributed by atoms with Crippen LogP contribution in [0.1, 0.15) is 43.9 Å². The van der Waals surface area contributed by atoms with Gasteiger partial charge in [-0.15, -0.1) is 0 Å². The van der Waals surface area contributed by atoms with Crippen LogP contribution in [0.5, 0.6) is 0 Å². The smallest absolute Gasteiger partial charge is 0.333 e. The van der Waals surface area contributed by atoms with Gasteiger partial charge in [-0.3, -0.25) is 4.99 Å². The van der Waals surface area contributed by atoms with Crippen molar-refractivity contribution in [2.24, 2.45) is 4.99 Å². The third-order valence-corrected chi connectivity index (χ3v) is 5.66. The van der Waals surface area contributed by atoms with Crippen LogP contribution >= 0.6 is 15.9 Å². The minimum Gasteiger partial charge on any atom is -0.466 e. The zero-order valence-corrected chi connectivity index (χ0v) is 22.5. The molecule has 0 aliphatic heterocycles. The molecule has 0 spiro atoms. The van der Waals surface area contributed by atoms with Crippen LogP contribution in [0.2, 0.25) is 0 Å². The van der Waals surface area contributed by atoms with E-state index in [4.69, 9.17) is 14.5 Å². The van der Waals surface area contributed by atoms with Crippen molar-refractivity contribution in [3.63, 3.8) is 0 Å². The van der Waals surface area contributed by atoms with Gasteiger partial charge < -0.3 is 9.47 Å². The Morgan fingerprint density at radius 2 is 1.42 bits per heavy atom. The minimum absolute atomic E-state index is 0.0147. The first-order valence-electron chi connectivity index (χ1n) is 11.6. The average molecular weight is 548 g/mol. The number of ether oxygens (including phenoxy) is 2. The Labute approximate surface area is 221 Å². The van der Waals surface area contributed by atoms with Gasteiger partial charge >= 0.3 is 11.9 Å². The van der Waals surface area contributed by atoms with Crippen LogP contribution in [0.25, 0.3) is 6.08 Å². The van der Waals surface area contributed by atoms with Crippen LogP contribution in [0.15, 0.2) is 100.0 Å². The first-order chi connectivity index (χ1) is 17.2. The molecule has 6 heteroatoms. The molecule has 0 saturated carbocycles. The average Bonchev–Trinajstić information content (AvgIpc) is 2.86. The molecule has 3 aromatic rings. The summed E-state index contributed by atoms with van der Waals surface area (Å²) in [5, 5.41) is 0. The summed E-state index contributed by atoms with van der Waals surface area (Å²) in [7, 11) is 1.32. The minimum atomic E-state index is -0.972. The maximum absolute atomic E-state index is 13.4. The van der Waals surface area contributed by atoms with E-state index in [0.29, 0.717) is 11.3 Å². The Bertz CT molecular complexity index is 1190. The summed E-state index contributed by atoms with van der Waals surface area (Å²) in [6.07, 6.45) is 1.73. The number of hydrogen-bond acceptors (Lipinski definition) is 5. The van der Waals surface area contributed by atoms with Gasteiger partial charge in [0.25, 0.3) is 0 Å². The molecule has 0 saturated heterocycles. The van der Waals surface area contributed by atoms with Gasteiger partial charge in [0, 0.05) is 27.6 Å². The number of rotatable bonds is 8. The SMILES string of the molecule is COC(=O)/C(=C\c1ccc(Br)cc1)CC(N=C(c1ccccc1)c1ccccc1)C(=O)OC(C)(C)C. The van der Waals surface area contributed by atoms with Gasteiger partial charge in [0.15, 0.2) is 6.04 Å². The molecule has 0 heterocycles. The summed E-state index contributed by atoms with van der Waals surface area (Å²) in [6, 6.07) is 25.8. The van der Waals surface area contributed by atoms with Crippen molar-refractivity contribution in [1.29, 1.82) is 0 Å². The standard InChI is InChI=1S/C30H30BrNO4/c1-30(2,3)36-29(34)26(20-24(28(33)35-4)19-21-15-17-25(31)18-16-21)32-27(22-11-7-5-8-12-22)23-13-9-6-10-14-23/h5-19,26H,20H2,1-4H3/b24-19-. The van der Waals surface area contributed by atoms with Gasteiger partial charge in [-0.05, 0) is 44.5 Å². The lowest BCUT2D eigenvalue weighted by atomic mass is 9.99. The largest absolute Gasteiger partial charge is 0.466 e. The fourth-order valence-corrected chi connectivity index (χ4v) is 3.78. The van der Waals surface area contributed by atoms with Crippen molar-refractivity contribution < 1.29 is 19.1 Å². The molecule has 36 heavy (non-hydrogen) atoms. The zero-order valence-electron chi connectivity index (χ0n) is 20.9. The van der Waals surface area contributed by atoms with Crippen LogP contribution in [-0.2, 0) is 19.1 Å². The summed E-state index contributed by atoms with van der Waals surface area (Å²) in [5.74, 6) is -1.04. The number of carbonyl (C=O) groups excluding carboxylic acids is 2.